The maximum Gasteiger partial charge on any atom is 0.252 e. The van der Waals surface area contributed by atoms with E-state index in [9.17, 15) is 4.79 Å². The molecule has 1 aromatic carbocycles. The maximum absolute atomic E-state index is 11.7. The van der Waals surface area contributed by atoms with Crippen LogP contribution >= 0.6 is 0 Å². The van der Waals surface area contributed by atoms with Gasteiger partial charge in [0.1, 0.15) is 12.7 Å². The minimum atomic E-state index is -0.207. The second kappa shape index (κ2) is 6.63. The zero-order valence-electron chi connectivity index (χ0n) is 9.72. The van der Waals surface area contributed by atoms with Gasteiger partial charge >= 0.3 is 0 Å². The molecule has 0 atom stereocenters. The van der Waals surface area contributed by atoms with Gasteiger partial charge in [-0.25, -0.2) is 0 Å². The smallest absolute Gasteiger partial charge is 0.252 e. The van der Waals surface area contributed by atoms with Crippen molar-refractivity contribution in [3.63, 3.8) is 0 Å². The molecule has 5 nitrogen and oxygen atoms in total. The lowest BCUT2D eigenvalue weighted by Crippen LogP contribution is -2.31. The number of hydrogen-bond acceptors (Lipinski definition) is 4. The Morgan fingerprint density at radius 3 is 2.88 bits per heavy atom. The number of nitrogens with zero attached hydrogens (tertiary/aromatic N) is 2. The highest BCUT2D eigenvalue weighted by Gasteiger charge is 2.13. The Balaban J connectivity index is 2.72. The van der Waals surface area contributed by atoms with Crippen LogP contribution in [0.5, 0.6) is 0 Å². The van der Waals surface area contributed by atoms with Gasteiger partial charge in [0.15, 0.2) is 0 Å². The molecule has 0 spiro atoms. The molecule has 0 saturated carbocycles. The van der Waals surface area contributed by atoms with E-state index in [0.29, 0.717) is 24.4 Å². The molecule has 5 heteroatoms. The van der Waals surface area contributed by atoms with Crippen LogP contribution in [0.4, 0.5) is 5.69 Å². The van der Waals surface area contributed by atoms with Crippen molar-refractivity contribution in [3.05, 3.63) is 29.8 Å². The molecule has 0 aliphatic carbocycles. The van der Waals surface area contributed by atoms with Gasteiger partial charge in [0, 0.05) is 13.6 Å². The fourth-order valence-electron chi connectivity index (χ4n) is 1.33. The van der Waals surface area contributed by atoms with Crippen LogP contribution in [0.25, 0.3) is 0 Å². The van der Waals surface area contributed by atoms with Crippen LogP contribution in [0, 0.1) is 11.3 Å². The van der Waals surface area contributed by atoms with Gasteiger partial charge in [-0.1, -0.05) is 12.1 Å². The van der Waals surface area contributed by atoms with Crippen molar-refractivity contribution in [1.29, 1.82) is 5.26 Å². The summed E-state index contributed by atoms with van der Waals surface area (Å²) in [5.74, 6) is -0.207. The molecule has 0 radical (unpaired) electrons. The Kier molecular flexibility index (Phi) is 5.14. The van der Waals surface area contributed by atoms with Crippen LogP contribution in [-0.2, 0) is 9.53 Å². The van der Waals surface area contributed by atoms with Crippen molar-refractivity contribution in [2.24, 2.45) is 5.73 Å². The van der Waals surface area contributed by atoms with Crippen molar-refractivity contribution < 1.29 is 9.53 Å². The number of likely N-dealkylation sites (N-methyl/N-ethyl adjacent to an activating group) is 1. The van der Waals surface area contributed by atoms with Crippen LogP contribution in [0.2, 0.25) is 0 Å². The maximum atomic E-state index is 11.7. The number of nitriles is 1. The molecule has 2 N–H and O–H groups in total. The molecular formula is C12H15N3O2. The number of carbonyl (C=O) groups is 1. The molecule has 17 heavy (non-hydrogen) atoms. The molecule has 0 aliphatic heterocycles. The first-order valence-electron chi connectivity index (χ1n) is 5.24. The number of anilines is 1. The summed E-state index contributed by atoms with van der Waals surface area (Å²) in [6.07, 6.45) is 0. The number of ether oxygens (including phenoxy) is 1. The van der Waals surface area contributed by atoms with Crippen molar-refractivity contribution in [2.75, 3.05) is 31.7 Å². The Labute approximate surface area is 100 Å². The van der Waals surface area contributed by atoms with E-state index >= 15 is 0 Å². The molecule has 1 amide bonds. The van der Waals surface area contributed by atoms with Gasteiger partial charge in [0.05, 0.1) is 17.9 Å². The van der Waals surface area contributed by atoms with E-state index in [1.54, 1.807) is 31.3 Å². The average Bonchev–Trinajstić information content (AvgIpc) is 2.38. The average molecular weight is 233 g/mol. The van der Waals surface area contributed by atoms with Gasteiger partial charge in [0.2, 0.25) is 0 Å². The first kappa shape index (κ1) is 13.2. The van der Waals surface area contributed by atoms with Gasteiger partial charge < -0.3 is 15.4 Å². The van der Waals surface area contributed by atoms with E-state index in [1.165, 1.54) is 4.90 Å². The normalized spacial score (nSPS) is 9.71. The highest BCUT2D eigenvalue weighted by atomic mass is 16.5. The number of benzene rings is 1. The zero-order chi connectivity index (χ0) is 12.7. The van der Waals surface area contributed by atoms with E-state index in [-0.39, 0.29) is 12.5 Å². The van der Waals surface area contributed by atoms with Crippen LogP contribution in [0.3, 0.4) is 0 Å². The lowest BCUT2D eigenvalue weighted by Gasteiger charge is -2.18. The Morgan fingerprint density at radius 1 is 1.53 bits per heavy atom. The van der Waals surface area contributed by atoms with E-state index in [4.69, 9.17) is 15.7 Å². The van der Waals surface area contributed by atoms with Gasteiger partial charge in [0.25, 0.3) is 5.91 Å². The van der Waals surface area contributed by atoms with Crippen molar-refractivity contribution in [1.82, 2.24) is 0 Å². The molecule has 0 aliphatic rings. The molecule has 0 bridgehead atoms. The minimum absolute atomic E-state index is 0.0343. The van der Waals surface area contributed by atoms with E-state index in [0.717, 1.165) is 0 Å². The number of hydrogen-bond donors (Lipinski definition) is 1. The molecule has 1 rings (SSSR count). The first-order chi connectivity index (χ1) is 8.20. The number of amides is 1. The van der Waals surface area contributed by atoms with E-state index in [1.807, 2.05) is 6.07 Å². The molecule has 0 heterocycles. The molecule has 90 valence electrons. The molecule has 0 fully saturated rings. The molecular weight excluding hydrogens is 218 g/mol. The van der Waals surface area contributed by atoms with Gasteiger partial charge in [-0.15, -0.1) is 0 Å². The van der Waals surface area contributed by atoms with Crippen LogP contribution in [0.1, 0.15) is 5.56 Å². The zero-order valence-corrected chi connectivity index (χ0v) is 9.72. The number of rotatable bonds is 5. The lowest BCUT2D eigenvalue weighted by atomic mass is 10.2. The summed E-state index contributed by atoms with van der Waals surface area (Å²) >= 11 is 0. The fraction of sp³-hybridized carbons (Fsp3) is 0.333. The van der Waals surface area contributed by atoms with Crippen molar-refractivity contribution in [2.45, 2.75) is 0 Å². The predicted molar refractivity (Wildman–Crippen MR) is 64.4 cm³/mol. The Morgan fingerprint density at radius 2 is 2.24 bits per heavy atom. The van der Waals surface area contributed by atoms with E-state index in [2.05, 4.69) is 0 Å². The summed E-state index contributed by atoms with van der Waals surface area (Å²) in [5, 5.41) is 8.93. The molecule has 0 saturated heterocycles. The van der Waals surface area contributed by atoms with E-state index < -0.39 is 0 Å². The summed E-state index contributed by atoms with van der Waals surface area (Å²) < 4.78 is 5.06. The first-order valence-corrected chi connectivity index (χ1v) is 5.24. The number of para-hydroxylation sites is 1. The number of carbonyl (C=O) groups excluding carboxylic acids is 1. The van der Waals surface area contributed by atoms with Gasteiger partial charge in [-0.05, 0) is 12.1 Å². The third kappa shape index (κ3) is 3.55. The third-order valence-corrected chi connectivity index (χ3v) is 2.25. The summed E-state index contributed by atoms with van der Waals surface area (Å²) in [7, 11) is 1.62. The van der Waals surface area contributed by atoms with Crippen LogP contribution in [-0.4, -0.2) is 32.7 Å². The molecule has 0 aromatic heterocycles. The van der Waals surface area contributed by atoms with Crippen molar-refractivity contribution in [3.8, 4) is 6.07 Å². The topological polar surface area (TPSA) is 79.3 Å². The third-order valence-electron chi connectivity index (χ3n) is 2.25. The summed E-state index contributed by atoms with van der Waals surface area (Å²) in [4.78, 5) is 13.1. The monoisotopic (exact) mass is 233 g/mol. The SMILES string of the molecule is CN(C(=O)COCCN)c1ccccc1C#N. The quantitative estimate of drug-likeness (QED) is 0.751. The van der Waals surface area contributed by atoms with Gasteiger partial charge in [-0.2, -0.15) is 5.26 Å². The minimum Gasteiger partial charge on any atom is -0.370 e. The largest absolute Gasteiger partial charge is 0.370 e. The second-order valence-corrected chi connectivity index (χ2v) is 3.42. The fourth-order valence-corrected chi connectivity index (χ4v) is 1.33. The highest BCUT2D eigenvalue weighted by molar-refractivity contribution is 5.94. The molecule has 1 aromatic rings. The van der Waals surface area contributed by atoms with Crippen molar-refractivity contribution >= 4 is 11.6 Å². The van der Waals surface area contributed by atoms with Crippen LogP contribution < -0.4 is 10.6 Å². The second-order valence-electron chi connectivity index (χ2n) is 3.42. The standard InChI is InChI=1S/C12H15N3O2/c1-15(12(16)9-17-7-6-13)11-5-3-2-4-10(11)8-14/h2-5H,6-7,9,13H2,1H3. The Hall–Kier alpha value is -1.90. The molecule has 0 unspecified atom stereocenters. The lowest BCUT2D eigenvalue weighted by molar-refractivity contribution is -0.122. The predicted octanol–water partition coefficient (Wildman–Crippen LogP) is 0.496. The summed E-state index contributed by atoms with van der Waals surface area (Å²) in [6.45, 7) is 0.693. The highest BCUT2D eigenvalue weighted by Crippen LogP contribution is 2.17. The number of nitrogens with two attached hydrogens (primary N) is 1. The summed E-state index contributed by atoms with van der Waals surface area (Å²) in [5.41, 5.74) is 6.29. The Bertz CT molecular complexity index is 426. The summed E-state index contributed by atoms with van der Waals surface area (Å²) in [6, 6.07) is 8.97. The van der Waals surface area contributed by atoms with Crippen LogP contribution in [0.15, 0.2) is 24.3 Å². The van der Waals surface area contributed by atoms with Gasteiger partial charge in [-0.3, -0.25) is 4.79 Å².